The van der Waals surface area contributed by atoms with Gasteiger partial charge in [-0.1, -0.05) is 37.8 Å². The third-order valence-corrected chi connectivity index (χ3v) is 9.27. The molecule has 0 amide bonds. The van der Waals surface area contributed by atoms with Crippen molar-refractivity contribution >= 4 is 16.9 Å². The van der Waals surface area contributed by atoms with Gasteiger partial charge in [0.2, 0.25) is 0 Å². The van der Waals surface area contributed by atoms with E-state index < -0.39 is 18.2 Å². The van der Waals surface area contributed by atoms with Crippen LogP contribution in [0.1, 0.15) is 76.7 Å². The van der Waals surface area contributed by atoms with Crippen molar-refractivity contribution in [1.29, 1.82) is 0 Å². The van der Waals surface area contributed by atoms with Crippen LogP contribution in [0.15, 0.2) is 33.9 Å². The number of carboxylic acid groups (broad SMARTS) is 1. The van der Waals surface area contributed by atoms with E-state index in [1.165, 1.54) is 54.1 Å². The second kappa shape index (κ2) is 8.67. The van der Waals surface area contributed by atoms with Crippen molar-refractivity contribution in [3.8, 4) is 0 Å². The molecule has 7 nitrogen and oxygen atoms in total. The summed E-state index contributed by atoms with van der Waals surface area (Å²) in [5.74, 6) is 0.677. The first kappa shape index (κ1) is 22.1. The van der Waals surface area contributed by atoms with E-state index in [1.54, 1.807) is 24.3 Å². The second-order valence-corrected chi connectivity index (χ2v) is 11.3. The first-order chi connectivity index (χ1) is 16.5. The lowest BCUT2D eigenvalue weighted by molar-refractivity contribution is -0.137. The Morgan fingerprint density at radius 3 is 2.15 bits per heavy atom. The Kier molecular flexibility index (Phi) is 5.63. The second-order valence-electron chi connectivity index (χ2n) is 11.3. The number of para-hydroxylation sites is 1. The summed E-state index contributed by atoms with van der Waals surface area (Å²) in [7, 11) is 0. The number of hydrogen-bond donors (Lipinski definition) is 1. The van der Waals surface area contributed by atoms with E-state index in [1.807, 2.05) is 0 Å². The van der Waals surface area contributed by atoms with Crippen molar-refractivity contribution in [3.05, 3.63) is 45.1 Å². The van der Waals surface area contributed by atoms with Gasteiger partial charge in [-0.2, -0.15) is 0 Å². The molecule has 4 aliphatic rings. The first-order valence-corrected chi connectivity index (χ1v) is 13.2. The average Bonchev–Trinajstić information content (AvgIpc) is 2.81. The highest BCUT2D eigenvalue weighted by atomic mass is 16.4. The zero-order chi connectivity index (χ0) is 23.4. The van der Waals surface area contributed by atoms with Gasteiger partial charge in [0, 0.05) is 24.2 Å². The van der Waals surface area contributed by atoms with Crippen LogP contribution < -0.4 is 11.2 Å². The molecule has 0 radical (unpaired) electrons. The molecule has 2 aliphatic carbocycles. The van der Waals surface area contributed by atoms with Gasteiger partial charge in [-0.3, -0.25) is 23.6 Å². The molecule has 2 saturated carbocycles. The van der Waals surface area contributed by atoms with E-state index in [0.717, 1.165) is 37.5 Å². The number of aromatic nitrogens is 2. The third-order valence-electron chi connectivity index (χ3n) is 9.27. The van der Waals surface area contributed by atoms with Crippen LogP contribution in [0.3, 0.4) is 0 Å². The molecule has 2 aromatic rings. The number of fused-ring (bicyclic) bond motifs is 5. The van der Waals surface area contributed by atoms with E-state index in [-0.39, 0.29) is 11.6 Å². The molecule has 1 aromatic carbocycles. The van der Waals surface area contributed by atoms with Crippen molar-refractivity contribution in [1.82, 2.24) is 14.0 Å². The quantitative estimate of drug-likeness (QED) is 0.743. The number of rotatable bonds is 4. The summed E-state index contributed by atoms with van der Waals surface area (Å²) in [5, 5.41) is 9.87. The number of carboxylic acids is 1. The molecule has 6 atom stereocenters. The Morgan fingerprint density at radius 2 is 1.47 bits per heavy atom. The summed E-state index contributed by atoms with van der Waals surface area (Å²) in [6.07, 6.45) is 13.3. The summed E-state index contributed by atoms with van der Waals surface area (Å²) in [5.41, 5.74) is -0.344. The maximum absolute atomic E-state index is 13.5. The highest BCUT2D eigenvalue weighted by Crippen LogP contribution is 2.47. The topological polar surface area (TPSA) is 84.5 Å². The normalized spacial score (nSPS) is 33.6. The standard InChI is InChI=1S/C27H35N3O4/c31-25(32)16-28-24-10-2-1-9-23(24)26(33)30(27(28)34)22-14-19-7-4-8-20(15-22)29(19)21-12-17-5-3-6-18(11-17)13-21/h1-2,9-10,17-22H,3-8,11-16H2,(H,31,32)/t17-,18+,19-,20+,21+,22?. The molecule has 4 fully saturated rings. The lowest BCUT2D eigenvalue weighted by Gasteiger charge is -2.55. The van der Waals surface area contributed by atoms with E-state index in [0.29, 0.717) is 29.0 Å². The van der Waals surface area contributed by atoms with E-state index in [9.17, 15) is 19.5 Å². The lowest BCUT2D eigenvalue weighted by atomic mass is 9.68. The van der Waals surface area contributed by atoms with Crippen LogP contribution in [-0.2, 0) is 11.3 Å². The minimum atomic E-state index is -1.08. The Labute approximate surface area is 199 Å². The molecule has 7 heteroatoms. The Morgan fingerprint density at radius 1 is 0.824 bits per heavy atom. The number of carbonyl (C=O) groups is 1. The molecule has 1 aromatic heterocycles. The van der Waals surface area contributed by atoms with Gasteiger partial charge in [-0.05, 0) is 68.9 Å². The van der Waals surface area contributed by atoms with Crippen LogP contribution in [-0.4, -0.2) is 43.2 Å². The fourth-order valence-electron chi connectivity index (χ4n) is 8.09. The van der Waals surface area contributed by atoms with Crippen LogP contribution in [0.2, 0.25) is 0 Å². The zero-order valence-electron chi connectivity index (χ0n) is 19.8. The van der Waals surface area contributed by atoms with Gasteiger partial charge in [0.05, 0.1) is 10.9 Å². The Hall–Kier alpha value is -2.41. The number of aliphatic carboxylic acids is 1. The molecule has 4 bridgehead atoms. The summed E-state index contributed by atoms with van der Waals surface area (Å²) in [6, 6.07) is 8.20. The molecule has 182 valence electrons. The molecular formula is C27H35N3O4. The summed E-state index contributed by atoms with van der Waals surface area (Å²) in [6.45, 7) is -0.434. The van der Waals surface area contributed by atoms with Crippen molar-refractivity contribution in [2.45, 2.75) is 101 Å². The van der Waals surface area contributed by atoms with Gasteiger partial charge in [0.1, 0.15) is 6.54 Å². The summed E-state index contributed by atoms with van der Waals surface area (Å²) in [4.78, 5) is 41.4. The molecule has 1 unspecified atom stereocenters. The van der Waals surface area contributed by atoms with Gasteiger partial charge in [0.15, 0.2) is 0 Å². The van der Waals surface area contributed by atoms with Crippen molar-refractivity contribution < 1.29 is 9.90 Å². The van der Waals surface area contributed by atoms with Crippen LogP contribution in [0.5, 0.6) is 0 Å². The fourth-order valence-corrected chi connectivity index (χ4v) is 8.09. The summed E-state index contributed by atoms with van der Waals surface area (Å²) < 4.78 is 2.67. The van der Waals surface area contributed by atoms with Crippen LogP contribution in [0, 0.1) is 11.8 Å². The molecule has 1 N–H and O–H groups in total. The molecule has 34 heavy (non-hydrogen) atoms. The smallest absolute Gasteiger partial charge is 0.332 e. The van der Waals surface area contributed by atoms with E-state index in [2.05, 4.69) is 4.90 Å². The van der Waals surface area contributed by atoms with Gasteiger partial charge in [-0.25, -0.2) is 4.79 Å². The minimum Gasteiger partial charge on any atom is -0.480 e. The number of nitrogens with zero attached hydrogens (tertiary/aromatic N) is 3. The van der Waals surface area contributed by atoms with E-state index >= 15 is 0 Å². The predicted octanol–water partition coefficient (Wildman–Crippen LogP) is 3.77. The molecule has 0 spiro atoms. The lowest BCUT2D eigenvalue weighted by Crippen LogP contribution is -2.59. The van der Waals surface area contributed by atoms with Crippen molar-refractivity contribution in [2.24, 2.45) is 11.8 Å². The molecule has 2 aliphatic heterocycles. The first-order valence-electron chi connectivity index (χ1n) is 13.2. The zero-order valence-corrected chi connectivity index (χ0v) is 19.8. The SMILES string of the molecule is O=C(O)Cn1c(=O)n(C2C[C@H]3CCC[C@@H](C2)N3[C@H]2C[C@@H]3CCC[C@@H](C3)C2)c(=O)c2ccccc21. The highest BCUT2D eigenvalue weighted by molar-refractivity contribution is 5.79. The molecular weight excluding hydrogens is 430 g/mol. The van der Waals surface area contributed by atoms with Crippen LogP contribution >= 0.6 is 0 Å². The third kappa shape index (κ3) is 3.72. The Balaban J connectivity index is 1.35. The number of benzene rings is 1. The van der Waals surface area contributed by atoms with Gasteiger partial charge in [-0.15, -0.1) is 0 Å². The van der Waals surface area contributed by atoms with E-state index in [4.69, 9.17) is 0 Å². The van der Waals surface area contributed by atoms with Gasteiger partial charge >= 0.3 is 11.7 Å². The maximum atomic E-state index is 13.5. The highest BCUT2D eigenvalue weighted by Gasteiger charge is 2.45. The molecule has 3 heterocycles. The predicted molar refractivity (Wildman–Crippen MR) is 130 cm³/mol. The van der Waals surface area contributed by atoms with Crippen LogP contribution in [0.25, 0.3) is 10.9 Å². The molecule has 2 saturated heterocycles. The number of piperidine rings is 2. The Bertz CT molecular complexity index is 1190. The maximum Gasteiger partial charge on any atom is 0.332 e. The van der Waals surface area contributed by atoms with Crippen LogP contribution in [0.4, 0.5) is 0 Å². The minimum absolute atomic E-state index is 0.167. The van der Waals surface area contributed by atoms with Crippen molar-refractivity contribution in [3.63, 3.8) is 0 Å². The number of hydrogen-bond acceptors (Lipinski definition) is 4. The largest absolute Gasteiger partial charge is 0.480 e. The monoisotopic (exact) mass is 465 g/mol. The van der Waals surface area contributed by atoms with Gasteiger partial charge in [0.25, 0.3) is 5.56 Å². The average molecular weight is 466 g/mol. The fraction of sp³-hybridized carbons (Fsp3) is 0.667. The molecule has 6 rings (SSSR count). The van der Waals surface area contributed by atoms with Gasteiger partial charge < -0.3 is 5.11 Å². The summed E-state index contributed by atoms with van der Waals surface area (Å²) >= 11 is 0. The van der Waals surface area contributed by atoms with Crippen molar-refractivity contribution in [2.75, 3.05) is 0 Å².